The van der Waals surface area contributed by atoms with Gasteiger partial charge >= 0.3 is 13.1 Å². The molecule has 1 saturated heterocycles. The van der Waals surface area contributed by atoms with E-state index in [0.717, 1.165) is 11.0 Å². The third-order valence-electron chi connectivity index (χ3n) is 4.13. The minimum atomic E-state index is -0.438. The van der Waals surface area contributed by atoms with Crippen molar-refractivity contribution in [3.05, 3.63) is 30.1 Å². The largest absolute Gasteiger partial charge is 0.496 e. The molecule has 1 aromatic rings. The summed E-state index contributed by atoms with van der Waals surface area (Å²) in [6, 6.07) is 1.95. The highest BCUT2D eigenvalue weighted by molar-refractivity contribution is 6.62. The molecule has 2 heterocycles. The minimum Gasteiger partial charge on any atom is -0.469 e. The van der Waals surface area contributed by atoms with Gasteiger partial charge in [0.1, 0.15) is 0 Å². The molecule has 0 bridgehead atoms. The molecule has 0 aliphatic carbocycles. The predicted molar refractivity (Wildman–Crippen MR) is 85.6 cm³/mol. The van der Waals surface area contributed by atoms with Gasteiger partial charge in [-0.05, 0) is 33.3 Å². The molecule has 1 aliphatic heterocycles. The molecule has 0 spiro atoms. The number of nitrogens with zero attached hydrogens (tertiary/aromatic N) is 1. The van der Waals surface area contributed by atoms with Crippen LogP contribution in [0.1, 0.15) is 39.7 Å². The summed E-state index contributed by atoms with van der Waals surface area (Å²) in [5.41, 5.74) is 0.984. The van der Waals surface area contributed by atoms with Crippen molar-refractivity contribution in [3.63, 3.8) is 0 Å². The van der Waals surface area contributed by atoms with Crippen LogP contribution in [0.25, 0.3) is 6.08 Å². The fourth-order valence-corrected chi connectivity index (χ4v) is 2.05. The minimum absolute atomic E-state index is 0.233. The zero-order valence-electron chi connectivity index (χ0n) is 13.8. The Labute approximate surface area is 131 Å². The Balaban J connectivity index is 2.11. The quantitative estimate of drug-likeness (QED) is 0.628. The summed E-state index contributed by atoms with van der Waals surface area (Å²) in [5, 5.41) is 0. The maximum atomic E-state index is 11.1. The molecule has 0 amide bonds. The van der Waals surface area contributed by atoms with Crippen LogP contribution in [0, 0.1) is 0 Å². The number of ether oxygens (including phenoxy) is 1. The van der Waals surface area contributed by atoms with Gasteiger partial charge in [0.2, 0.25) is 0 Å². The van der Waals surface area contributed by atoms with Gasteiger partial charge in [-0.15, -0.1) is 0 Å². The number of rotatable bonds is 4. The van der Waals surface area contributed by atoms with E-state index in [1.807, 2.05) is 39.8 Å². The first kappa shape index (κ1) is 16.7. The summed E-state index contributed by atoms with van der Waals surface area (Å²) >= 11 is 0. The molecule has 0 unspecified atom stereocenters. The van der Waals surface area contributed by atoms with E-state index in [4.69, 9.17) is 9.31 Å². The molecule has 0 atom stereocenters. The topological polar surface area (TPSA) is 57.7 Å². The van der Waals surface area contributed by atoms with Gasteiger partial charge in [-0.1, -0.05) is 18.2 Å². The number of carbonyl (C=O) groups excluding carboxylic acids is 1. The maximum absolute atomic E-state index is 11.1. The van der Waals surface area contributed by atoms with Crippen molar-refractivity contribution in [2.45, 2.75) is 45.3 Å². The molecule has 1 fully saturated rings. The molecular weight excluding hydrogens is 281 g/mol. The Kier molecular flexibility index (Phi) is 4.73. The molecular formula is C16H22BNO4. The lowest BCUT2D eigenvalue weighted by molar-refractivity contribution is -0.139. The van der Waals surface area contributed by atoms with Crippen LogP contribution < -0.4 is 5.46 Å². The molecule has 0 N–H and O–H groups in total. The van der Waals surface area contributed by atoms with E-state index < -0.39 is 7.12 Å². The molecule has 5 nitrogen and oxygen atoms in total. The lowest BCUT2D eigenvalue weighted by Gasteiger charge is -2.32. The smallest absolute Gasteiger partial charge is 0.469 e. The van der Waals surface area contributed by atoms with Gasteiger partial charge in [-0.3, -0.25) is 9.78 Å². The summed E-state index contributed by atoms with van der Waals surface area (Å²) in [7, 11) is 0.933. The SMILES string of the molecule is COC(=O)CC=Cc1cncc(B2OC(C)(C)C(C)(C)O2)c1. The van der Waals surface area contributed by atoms with Crippen LogP contribution in [0.15, 0.2) is 24.5 Å². The van der Waals surface area contributed by atoms with Gasteiger partial charge in [0, 0.05) is 17.9 Å². The highest BCUT2D eigenvalue weighted by Crippen LogP contribution is 2.36. The normalized spacial score (nSPS) is 19.6. The van der Waals surface area contributed by atoms with E-state index in [2.05, 4.69) is 9.72 Å². The molecule has 22 heavy (non-hydrogen) atoms. The molecule has 0 radical (unpaired) electrons. The Morgan fingerprint density at radius 3 is 2.50 bits per heavy atom. The second kappa shape index (κ2) is 6.22. The van der Waals surface area contributed by atoms with Crippen molar-refractivity contribution >= 4 is 24.6 Å². The van der Waals surface area contributed by atoms with Crippen LogP contribution >= 0.6 is 0 Å². The van der Waals surface area contributed by atoms with Crippen molar-refractivity contribution in [3.8, 4) is 0 Å². The zero-order valence-corrected chi connectivity index (χ0v) is 13.8. The third kappa shape index (κ3) is 3.57. The summed E-state index contributed by atoms with van der Waals surface area (Å²) in [4.78, 5) is 15.3. The van der Waals surface area contributed by atoms with Crippen LogP contribution in [0.4, 0.5) is 0 Å². The van der Waals surface area contributed by atoms with Crippen LogP contribution in [0.3, 0.4) is 0 Å². The van der Waals surface area contributed by atoms with Gasteiger partial charge < -0.3 is 14.0 Å². The summed E-state index contributed by atoms with van der Waals surface area (Å²) in [6.07, 6.45) is 7.27. The highest BCUT2D eigenvalue weighted by Gasteiger charge is 2.51. The Hall–Kier alpha value is -1.66. The molecule has 6 heteroatoms. The molecule has 118 valence electrons. The average molecular weight is 303 g/mol. The van der Waals surface area contributed by atoms with Crippen molar-refractivity contribution in [2.24, 2.45) is 0 Å². The molecule has 1 aliphatic rings. The Bertz CT molecular complexity index is 567. The van der Waals surface area contributed by atoms with E-state index >= 15 is 0 Å². The summed E-state index contributed by atoms with van der Waals surface area (Å²) in [6.45, 7) is 8.06. The molecule has 1 aromatic heterocycles. The first-order valence-corrected chi connectivity index (χ1v) is 7.29. The van der Waals surface area contributed by atoms with Gasteiger partial charge in [0.25, 0.3) is 0 Å². The van der Waals surface area contributed by atoms with Gasteiger partial charge in [-0.2, -0.15) is 0 Å². The van der Waals surface area contributed by atoms with E-state index in [1.54, 1.807) is 18.5 Å². The van der Waals surface area contributed by atoms with Crippen molar-refractivity contribution in [2.75, 3.05) is 7.11 Å². The first-order chi connectivity index (χ1) is 10.2. The second-order valence-corrected chi connectivity index (χ2v) is 6.32. The van der Waals surface area contributed by atoms with Gasteiger partial charge in [-0.25, -0.2) is 0 Å². The number of aromatic nitrogens is 1. The molecule has 0 aromatic carbocycles. The second-order valence-electron chi connectivity index (χ2n) is 6.32. The Morgan fingerprint density at radius 2 is 1.91 bits per heavy atom. The van der Waals surface area contributed by atoms with Crippen LogP contribution in [-0.2, 0) is 18.8 Å². The number of methoxy groups -OCH3 is 1. The van der Waals surface area contributed by atoms with Crippen LogP contribution in [0.2, 0.25) is 0 Å². The van der Waals surface area contributed by atoms with E-state index in [0.29, 0.717) is 0 Å². The fraction of sp³-hybridized carbons (Fsp3) is 0.500. The number of hydrogen-bond donors (Lipinski definition) is 0. The lowest BCUT2D eigenvalue weighted by atomic mass is 9.80. The predicted octanol–water partition coefficient (Wildman–Crippen LogP) is 1.96. The standard InChI is InChI=1S/C16H22BNO4/c1-15(2)16(3,4)22-17(21-15)13-9-12(10-18-11-13)7-6-8-14(19)20-5/h6-7,9-11H,8H2,1-5H3. The van der Waals surface area contributed by atoms with Gasteiger partial charge in [0.15, 0.2) is 0 Å². The van der Waals surface area contributed by atoms with Crippen molar-refractivity contribution in [1.29, 1.82) is 0 Å². The molecule has 2 rings (SSSR count). The van der Waals surface area contributed by atoms with Crippen molar-refractivity contribution in [1.82, 2.24) is 4.98 Å². The zero-order chi connectivity index (χ0) is 16.4. The summed E-state index contributed by atoms with van der Waals surface area (Å²) in [5.74, 6) is -0.272. The number of pyridine rings is 1. The van der Waals surface area contributed by atoms with Gasteiger partial charge in [0.05, 0.1) is 24.7 Å². The number of carbonyl (C=O) groups is 1. The third-order valence-corrected chi connectivity index (χ3v) is 4.13. The van der Waals surface area contributed by atoms with Crippen LogP contribution in [-0.4, -0.2) is 36.4 Å². The van der Waals surface area contributed by atoms with Crippen LogP contribution in [0.5, 0.6) is 0 Å². The first-order valence-electron chi connectivity index (χ1n) is 7.29. The number of esters is 1. The monoisotopic (exact) mass is 303 g/mol. The van der Waals surface area contributed by atoms with E-state index in [1.165, 1.54) is 7.11 Å². The lowest BCUT2D eigenvalue weighted by Crippen LogP contribution is -2.41. The highest BCUT2D eigenvalue weighted by atomic mass is 16.7. The molecule has 0 saturated carbocycles. The van der Waals surface area contributed by atoms with Crippen molar-refractivity contribution < 1.29 is 18.8 Å². The van der Waals surface area contributed by atoms with E-state index in [-0.39, 0.29) is 23.6 Å². The summed E-state index contributed by atoms with van der Waals surface area (Å²) < 4.78 is 16.6. The Morgan fingerprint density at radius 1 is 1.27 bits per heavy atom. The fourth-order valence-electron chi connectivity index (χ4n) is 2.05. The number of hydrogen-bond acceptors (Lipinski definition) is 5. The maximum Gasteiger partial charge on any atom is 0.496 e. The van der Waals surface area contributed by atoms with E-state index in [9.17, 15) is 4.79 Å². The average Bonchev–Trinajstić information content (AvgIpc) is 2.67.